The minimum atomic E-state index is -0.434. The van der Waals surface area contributed by atoms with Crippen LogP contribution in [0, 0.1) is 13.8 Å². The Bertz CT molecular complexity index is 885. The minimum Gasteiger partial charge on any atom is -0.465 e. The first-order valence-corrected chi connectivity index (χ1v) is 7.55. The Morgan fingerprint density at radius 3 is 2.61 bits per heavy atom. The first kappa shape index (κ1) is 15.5. The molecule has 0 amide bonds. The molecule has 6 heteroatoms. The van der Waals surface area contributed by atoms with Crippen LogP contribution in [0.25, 0.3) is 5.65 Å². The maximum atomic E-state index is 11.8. The third kappa shape index (κ3) is 2.80. The highest BCUT2D eigenvalue weighted by molar-refractivity contribution is 6.30. The molecule has 0 bridgehead atoms. The van der Waals surface area contributed by atoms with E-state index in [9.17, 15) is 4.79 Å². The van der Waals surface area contributed by atoms with Gasteiger partial charge in [0.25, 0.3) is 0 Å². The van der Waals surface area contributed by atoms with Crippen LogP contribution < -0.4 is 0 Å². The highest BCUT2D eigenvalue weighted by Gasteiger charge is 2.18. The summed E-state index contributed by atoms with van der Waals surface area (Å²) in [5.74, 6) is -0.434. The van der Waals surface area contributed by atoms with E-state index in [0.717, 1.165) is 28.9 Å². The number of aryl methyl sites for hydroxylation is 2. The maximum Gasteiger partial charge on any atom is 0.343 e. The highest BCUT2D eigenvalue weighted by atomic mass is 35.5. The van der Waals surface area contributed by atoms with Gasteiger partial charge in [-0.2, -0.15) is 5.10 Å². The van der Waals surface area contributed by atoms with Gasteiger partial charge in [0.15, 0.2) is 5.65 Å². The van der Waals surface area contributed by atoms with Crippen LogP contribution in [0.1, 0.15) is 32.9 Å². The van der Waals surface area contributed by atoms with Gasteiger partial charge in [0, 0.05) is 22.8 Å². The van der Waals surface area contributed by atoms with E-state index in [0.29, 0.717) is 16.2 Å². The number of ether oxygens (including phenoxy) is 1. The predicted molar refractivity (Wildman–Crippen MR) is 88.1 cm³/mol. The summed E-state index contributed by atoms with van der Waals surface area (Å²) in [6.07, 6.45) is 2.22. The molecule has 0 saturated heterocycles. The van der Waals surface area contributed by atoms with E-state index < -0.39 is 5.97 Å². The van der Waals surface area contributed by atoms with Crippen LogP contribution in [0.2, 0.25) is 5.02 Å². The van der Waals surface area contributed by atoms with E-state index in [1.807, 2.05) is 38.1 Å². The zero-order chi connectivity index (χ0) is 16.6. The van der Waals surface area contributed by atoms with Crippen LogP contribution >= 0.6 is 11.6 Å². The molecular formula is C17H16ClN3O2. The van der Waals surface area contributed by atoms with E-state index in [4.69, 9.17) is 16.3 Å². The molecule has 3 rings (SSSR count). The Morgan fingerprint density at radius 2 is 1.96 bits per heavy atom. The third-order valence-electron chi connectivity index (χ3n) is 3.91. The van der Waals surface area contributed by atoms with Crippen molar-refractivity contribution in [3.63, 3.8) is 0 Å². The molecule has 0 atom stereocenters. The molecule has 2 aromatic heterocycles. The topological polar surface area (TPSA) is 56.5 Å². The van der Waals surface area contributed by atoms with Gasteiger partial charge in [-0.05, 0) is 37.1 Å². The van der Waals surface area contributed by atoms with Crippen molar-refractivity contribution in [2.45, 2.75) is 20.3 Å². The molecule has 23 heavy (non-hydrogen) atoms. The van der Waals surface area contributed by atoms with E-state index in [1.54, 1.807) is 4.52 Å². The molecule has 5 nitrogen and oxygen atoms in total. The summed E-state index contributed by atoms with van der Waals surface area (Å²) in [7, 11) is 1.35. The summed E-state index contributed by atoms with van der Waals surface area (Å²) in [5.41, 5.74) is 4.94. The van der Waals surface area contributed by atoms with Crippen molar-refractivity contribution < 1.29 is 9.53 Å². The van der Waals surface area contributed by atoms with Crippen LogP contribution in [0.5, 0.6) is 0 Å². The average molecular weight is 330 g/mol. The monoisotopic (exact) mass is 329 g/mol. The number of esters is 1. The zero-order valence-electron chi connectivity index (χ0n) is 13.1. The van der Waals surface area contributed by atoms with Crippen LogP contribution in [-0.4, -0.2) is 27.7 Å². The molecule has 0 aliphatic heterocycles. The zero-order valence-corrected chi connectivity index (χ0v) is 13.9. The summed E-state index contributed by atoms with van der Waals surface area (Å²) in [4.78, 5) is 16.3. The lowest BCUT2D eigenvalue weighted by molar-refractivity contribution is 0.0602. The normalized spacial score (nSPS) is 11.0. The van der Waals surface area contributed by atoms with Gasteiger partial charge in [0.2, 0.25) is 0 Å². The largest absolute Gasteiger partial charge is 0.465 e. The molecule has 0 unspecified atom stereocenters. The highest BCUT2D eigenvalue weighted by Crippen LogP contribution is 2.21. The maximum absolute atomic E-state index is 11.8. The summed E-state index contributed by atoms with van der Waals surface area (Å²) in [6.45, 7) is 3.91. The molecule has 0 saturated carbocycles. The van der Waals surface area contributed by atoms with Crippen molar-refractivity contribution in [2.75, 3.05) is 7.11 Å². The number of hydrogen-bond donors (Lipinski definition) is 0. The van der Waals surface area contributed by atoms with E-state index in [2.05, 4.69) is 10.1 Å². The Labute approximate surface area is 138 Å². The summed E-state index contributed by atoms with van der Waals surface area (Å²) < 4.78 is 6.46. The fraction of sp³-hybridized carbons (Fsp3) is 0.235. The van der Waals surface area contributed by atoms with E-state index >= 15 is 0 Å². The van der Waals surface area contributed by atoms with Crippen molar-refractivity contribution >= 4 is 23.2 Å². The quantitative estimate of drug-likeness (QED) is 0.691. The smallest absolute Gasteiger partial charge is 0.343 e. The van der Waals surface area contributed by atoms with Gasteiger partial charge in [-0.15, -0.1) is 0 Å². The van der Waals surface area contributed by atoms with Crippen molar-refractivity contribution in [1.82, 2.24) is 14.6 Å². The van der Waals surface area contributed by atoms with Crippen LogP contribution in [0.15, 0.2) is 30.5 Å². The standard InChI is InChI=1S/C17H16ClN3O2/c1-10-14(8-12-4-6-13(18)7-5-12)11(2)21-16(20-10)15(9-19-21)17(22)23-3/h4-7,9H,8H2,1-3H3. The number of rotatable bonds is 3. The van der Waals surface area contributed by atoms with Crippen molar-refractivity contribution in [3.8, 4) is 0 Å². The second kappa shape index (κ2) is 6.01. The van der Waals surface area contributed by atoms with Gasteiger partial charge in [0.05, 0.1) is 13.3 Å². The number of carbonyl (C=O) groups is 1. The number of halogens is 1. The molecule has 0 aliphatic carbocycles. The molecule has 0 spiro atoms. The SMILES string of the molecule is COC(=O)c1cnn2c(C)c(Cc3ccc(Cl)cc3)c(C)nc12. The molecule has 0 aliphatic rings. The number of methoxy groups -OCH3 is 1. The van der Waals surface area contributed by atoms with E-state index in [1.165, 1.54) is 13.3 Å². The molecule has 0 radical (unpaired) electrons. The Kier molecular flexibility index (Phi) is 4.05. The van der Waals surface area contributed by atoms with Gasteiger partial charge in [-0.25, -0.2) is 14.3 Å². The minimum absolute atomic E-state index is 0.372. The van der Waals surface area contributed by atoms with Crippen molar-refractivity contribution in [1.29, 1.82) is 0 Å². The first-order valence-electron chi connectivity index (χ1n) is 7.18. The van der Waals surface area contributed by atoms with Crippen molar-refractivity contribution in [2.24, 2.45) is 0 Å². The lowest BCUT2D eigenvalue weighted by atomic mass is 10.0. The fourth-order valence-corrected chi connectivity index (χ4v) is 2.75. The van der Waals surface area contributed by atoms with Gasteiger partial charge in [-0.1, -0.05) is 23.7 Å². The second-order valence-corrected chi connectivity index (χ2v) is 5.79. The Hall–Kier alpha value is -2.40. The third-order valence-corrected chi connectivity index (χ3v) is 4.16. The Balaban J connectivity index is 2.08. The molecule has 0 N–H and O–H groups in total. The van der Waals surface area contributed by atoms with Crippen LogP contribution in [-0.2, 0) is 11.2 Å². The lowest BCUT2D eigenvalue weighted by Crippen LogP contribution is -2.08. The van der Waals surface area contributed by atoms with Gasteiger partial charge < -0.3 is 4.74 Å². The Morgan fingerprint density at radius 1 is 1.26 bits per heavy atom. The molecule has 118 valence electrons. The summed E-state index contributed by atoms with van der Waals surface area (Å²) in [5, 5.41) is 4.99. The second-order valence-electron chi connectivity index (χ2n) is 5.35. The molecule has 3 aromatic rings. The van der Waals surface area contributed by atoms with Gasteiger partial charge >= 0.3 is 5.97 Å². The fourth-order valence-electron chi connectivity index (χ4n) is 2.63. The number of benzene rings is 1. The number of hydrogen-bond acceptors (Lipinski definition) is 4. The lowest BCUT2D eigenvalue weighted by Gasteiger charge is -2.11. The predicted octanol–water partition coefficient (Wildman–Crippen LogP) is 3.38. The average Bonchev–Trinajstić information content (AvgIpc) is 2.96. The first-order chi connectivity index (χ1) is 11.0. The van der Waals surface area contributed by atoms with Crippen molar-refractivity contribution in [3.05, 3.63) is 63.6 Å². The van der Waals surface area contributed by atoms with Crippen LogP contribution in [0.3, 0.4) is 0 Å². The molecule has 1 aromatic carbocycles. The summed E-state index contributed by atoms with van der Waals surface area (Å²) in [6, 6.07) is 7.73. The van der Waals surface area contributed by atoms with Crippen LogP contribution in [0.4, 0.5) is 0 Å². The number of fused-ring (bicyclic) bond motifs is 1. The number of nitrogens with zero attached hydrogens (tertiary/aromatic N) is 3. The van der Waals surface area contributed by atoms with Gasteiger partial charge in [-0.3, -0.25) is 0 Å². The molecular weight excluding hydrogens is 314 g/mol. The van der Waals surface area contributed by atoms with E-state index in [-0.39, 0.29) is 0 Å². The number of carbonyl (C=O) groups excluding carboxylic acids is 1. The summed E-state index contributed by atoms with van der Waals surface area (Å²) >= 11 is 5.93. The number of aromatic nitrogens is 3. The molecule has 2 heterocycles. The van der Waals surface area contributed by atoms with Gasteiger partial charge in [0.1, 0.15) is 5.56 Å². The molecule has 0 fully saturated rings.